The third-order valence-corrected chi connectivity index (χ3v) is 7.69. The van der Waals surface area contributed by atoms with Gasteiger partial charge in [0.15, 0.2) is 0 Å². The van der Waals surface area contributed by atoms with E-state index in [-0.39, 0.29) is 18.7 Å². The molecule has 0 aromatic heterocycles. The third-order valence-electron chi connectivity index (χ3n) is 4.87. The minimum Gasteiger partial charge on any atom is -0.391 e. The molecule has 1 aromatic rings. The van der Waals surface area contributed by atoms with Crippen molar-refractivity contribution in [2.45, 2.75) is 51.2 Å². The SMILES string of the molecule is CC(NC[C@H](O)CP(=O)(O)CC1CCCCC1)c1ccc(Cl)c(Cl)c1. The number of aliphatic hydroxyl groups is 1. The van der Waals surface area contributed by atoms with Crippen LogP contribution in [0.25, 0.3) is 0 Å². The molecule has 142 valence electrons. The molecule has 3 N–H and O–H groups in total. The summed E-state index contributed by atoms with van der Waals surface area (Å²) in [5, 5.41) is 14.3. The van der Waals surface area contributed by atoms with Crippen molar-refractivity contribution < 1.29 is 14.6 Å². The normalized spacial score (nSPS) is 20.8. The van der Waals surface area contributed by atoms with E-state index in [1.165, 1.54) is 6.42 Å². The first kappa shape index (κ1) is 21.2. The molecule has 7 heteroatoms. The zero-order valence-electron chi connectivity index (χ0n) is 14.6. The summed E-state index contributed by atoms with van der Waals surface area (Å²) in [5.41, 5.74) is 0.955. The lowest BCUT2D eigenvalue weighted by atomic mass is 9.91. The van der Waals surface area contributed by atoms with Crippen LogP contribution in [0.2, 0.25) is 10.0 Å². The maximum Gasteiger partial charge on any atom is 0.203 e. The van der Waals surface area contributed by atoms with Gasteiger partial charge in [0.25, 0.3) is 0 Å². The van der Waals surface area contributed by atoms with Gasteiger partial charge in [-0.1, -0.05) is 48.5 Å². The molecule has 0 spiro atoms. The average molecular weight is 408 g/mol. The van der Waals surface area contributed by atoms with Crippen molar-refractivity contribution in [3.8, 4) is 0 Å². The van der Waals surface area contributed by atoms with E-state index in [0.29, 0.717) is 22.1 Å². The van der Waals surface area contributed by atoms with E-state index in [1.54, 1.807) is 12.1 Å². The molecule has 0 amide bonds. The maximum atomic E-state index is 12.4. The number of aliphatic hydroxyl groups excluding tert-OH is 1. The standard InChI is InChI=1S/C18H28Cl2NO3P/c1-13(15-7-8-17(19)18(20)9-15)21-10-16(22)12-25(23,24)11-14-5-3-2-4-6-14/h7-9,13-14,16,21-22H,2-6,10-12H2,1H3,(H,23,24)/t13?,16-/m0/s1. The van der Waals surface area contributed by atoms with E-state index >= 15 is 0 Å². The van der Waals surface area contributed by atoms with Crippen molar-refractivity contribution in [2.24, 2.45) is 5.92 Å². The van der Waals surface area contributed by atoms with E-state index in [1.807, 2.05) is 13.0 Å². The highest BCUT2D eigenvalue weighted by Gasteiger charge is 2.28. The lowest BCUT2D eigenvalue weighted by Gasteiger charge is -2.25. The second kappa shape index (κ2) is 9.73. The predicted octanol–water partition coefficient (Wildman–Crippen LogP) is 4.86. The lowest BCUT2D eigenvalue weighted by molar-refractivity contribution is 0.186. The summed E-state index contributed by atoms with van der Waals surface area (Å²) < 4.78 is 12.4. The Morgan fingerprint density at radius 2 is 1.92 bits per heavy atom. The quantitative estimate of drug-likeness (QED) is 0.538. The van der Waals surface area contributed by atoms with Crippen molar-refractivity contribution in [3.63, 3.8) is 0 Å². The fourth-order valence-electron chi connectivity index (χ4n) is 3.45. The first-order valence-corrected chi connectivity index (χ1v) is 11.7. The molecule has 2 unspecified atom stereocenters. The second-order valence-electron chi connectivity index (χ2n) is 7.17. The van der Waals surface area contributed by atoms with Crippen LogP contribution in [0.4, 0.5) is 0 Å². The predicted molar refractivity (Wildman–Crippen MR) is 105 cm³/mol. The average Bonchev–Trinajstić information content (AvgIpc) is 2.55. The van der Waals surface area contributed by atoms with Gasteiger partial charge >= 0.3 is 0 Å². The Morgan fingerprint density at radius 3 is 2.56 bits per heavy atom. The van der Waals surface area contributed by atoms with Crippen LogP contribution in [0, 0.1) is 5.92 Å². The van der Waals surface area contributed by atoms with E-state index in [9.17, 15) is 14.6 Å². The molecular weight excluding hydrogens is 380 g/mol. The fraction of sp³-hybridized carbons (Fsp3) is 0.667. The topological polar surface area (TPSA) is 69.6 Å². The van der Waals surface area contributed by atoms with Crippen LogP contribution in [0.1, 0.15) is 50.6 Å². The summed E-state index contributed by atoms with van der Waals surface area (Å²) in [7, 11) is -3.29. The molecule has 1 aliphatic carbocycles. The summed E-state index contributed by atoms with van der Waals surface area (Å²) in [4.78, 5) is 10.2. The molecule has 1 aromatic carbocycles. The Kier molecular flexibility index (Phi) is 8.26. The summed E-state index contributed by atoms with van der Waals surface area (Å²) in [6.07, 6.45) is 5.04. The van der Waals surface area contributed by atoms with Crippen molar-refractivity contribution in [3.05, 3.63) is 33.8 Å². The number of nitrogens with one attached hydrogen (secondary N) is 1. The molecule has 25 heavy (non-hydrogen) atoms. The van der Waals surface area contributed by atoms with Gasteiger partial charge in [-0.25, -0.2) is 0 Å². The van der Waals surface area contributed by atoms with Crippen LogP contribution in [-0.4, -0.2) is 35.0 Å². The van der Waals surface area contributed by atoms with Crippen LogP contribution >= 0.6 is 30.6 Å². The largest absolute Gasteiger partial charge is 0.391 e. The van der Waals surface area contributed by atoms with Crippen molar-refractivity contribution in [1.29, 1.82) is 0 Å². The van der Waals surface area contributed by atoms with Gasteiger partial charge in [0, 0.05) is 18.7 Å². The molecule has 1 aliphatic rings. The number of rotatable bonds is 8. The zero-order valence-corrected chi connectivity index (χ0v) is 17.0. The Hall–Kier alpha value is -0.0900. The lowest BCUT2D eigenvalue weighted by Crippen LogP contribution is -2.32. The summed E-state index contributed by atoms with van der Waals surface area (Å²) in [6.45, 7) is 2.21. The third kappa shape index (κ3) is 7.21. The Bertz CT molecular complexity index is 608. The molecule has 0 heterocycles. The highest BCUT2D eigenvalue weighted by Crippen LogP contribution is 2.45. The Morgan fingerprint density at radius 1 is 1.24 bits per heavy atom. The van der Waals surface area contributed by atoms with Gasteiger partial charge in [-0.3, -0.25) is 4.57 Å². The fourth-order valence-corrected chi connectivity index (χ4v) is 5.87. The van der Waals surface area contributed by atoms with Crippen LogP contribution < -0.4 is 5.32 Å². The second-order valence-corrected chi connectivity index (χ2v) is 10.4. The molecule has 1 fully saturated rings. The van der Waals surface area contributed by atoms with E-state index in [0.717, 1.165) is 31.2 Å². The van der Waals surface area contributed by atoms with Crippen molar-refractivity contribution in [2.75, 3.05) is 18.9 Å². The van der Waals surface area contributed by atoms with Gasteiger partial charge in [-0.05, 0) is 43.4 Å². The number of benzene rings is 1. The number of hydrogen-bond acceptors (Lipinski definition) is 3. The van der Waals surface area contributed by atoms with Crippen LogP contribution in [0.15, 0.2) is 18.2 Å². The Balaban J connectivity index is 1.79. The highest BCUT2D eigenvalue weighted by molar-refractivity contribution is 7.58. The number of hydrogen-bond donors (Lipinski definition) is 3. The van der Waals surface area contributed by atoms with Crippen LogP contribution in [0.5, 0.6) is 0 Å². The molecule has 0 aliphatic heterocycles. The van der Waals surface area contributed by atoms with Gasteiger partial charge in [0.05, 0.1) is 22.3 Å². The van der Waals surface area contributed by atoms with Crippen LogP contribution in [0.3, 0.4) is 0 Å². The molecule has 4 nitrogen and oxygen atoms in total. The van der Waals surface area contributed by atoms with E-state index in [4.69, 9.17) is 23.2 Å². The van der Waals surface area contributed by atoms with Gasteiger partial charge in [-0.2, -0.15) is 0 Å². The molecule has 0 bridgehead atoms. The molecule has 0 radical (unpaired) electrons. The first-order chi connectivity index (χ1) is 11.8. The summed E-state index contributed by atoms with van der Waals surface area (Å²) in [6, 6.07) is 5.35. The van der Waals surface area contributed by atoms with Gasteiger partial charge in [-0.15, -0.1) is 0 Å². The van der Waals surface area contributed by atoms with E-state index in [2.05, 4.69) is 5.32 Å². The van der Waals surface area contributed by atoms with Gasteiger partial charge < -0.3 is 15.3 Å². The molecule has 2 rings (SSSR count). The molecule has 1 saturated carbocycles. The monoisotopic (exact) mass is 407 g/mol. The van der Waals surface area contributed by atoms with Crippen molar-refractivity contribution in [1.82, 2.24) is 5.32 Å². The minimum absolute atomic E-state index is 0.0409. The summed E-state index contributed by atoms with van der Waals surface area (Å²) in [5.74, 6) is 0.333. The molecular formula is C18H28Cl2NO3P. The maximum absolute atomic E-state index is 12.4. The van der Waals surface area contributed by atoms with Crippen molar-refractivity contribution >= 4 is 30.6 Å². The Labute approximate surface area is 160 Å². The van der Waals surface area contributed by atoms with Crippen LogP contribution in [-0.2, 0) is 4.57 Å². The minimum atomic E-state index is -3.29. The zero-order chi connectivity index (χ0) is 18.4. The first-order valence-electron chi connectivity index (χ1n) is 8.94. The molecule has 0 saturated heterocycles. The summed E-state index contributed by atoms with van der Waals surface area (Å²) >= 11 is 11.9. The molecule has 3 atom stereocenters. The highest BCUT2D eigenvalue weighted by atomic mass is 35.5. The van der Waals surface area contributed by atoms with Gasteiger partial charge in [0.1, 0.15) is 0 Å². The van der Waals surface area contributed by atoms with Gasteiger partial charge in [0.2, 0.25) is 7.37 Å². The smallest absolute Gasteiger partial charge is 0.203 e. The van der Waals surface area contributed by atoms with E-state index < -0.39 is 13.5 Å². The number of halogens is 2.